The lowest BCUT2D eigenvalue weighted by atomic mass is 10.0. The SMILES string of the molecule is Cn1c(=O)n(C)c2cc(-c3ccc(-c4cc(-c5cc(-n6c7ccccc7c7ccccc76)cc(-n6c7ccccc7c7ccccc76)c5)nc(-c5ccccc5)n4)cc3)ccc21. The normalized spacial score (nSPS) is 11.8. The topological polar surface area (TPSA) is 62.6 Å². The Morgan fingerprint density at radius 3 is 1.31 bits per heavy atom. The number of aryl methyl sites for hydroxylation is 2. The van der Waals surface area contributed by atoms with E-state index in [2.05, 4.69) is 179 Å². The highest BCUT2D eigenvalue weighted by Gasteiger charge is 2.19. The number of nitrogens with zero attached hydrogens (tertiary/aromatic N) is 6. The maximum atomic E-state index is 12.7. The summed E-state index contributed by atoms with van der Waals surface area (Å²) in [7, 11) is 3.63. The highest BCUT2D eigenvalue weighted by Crippen LogP contribution is 2.39. The molecule has 0 saturated heterocycles. The average Bonchev–Trinajstić information content (AvgIpc) is 3.93. The first-order chi connectivity index (χ1) is 30.5. The molecule has 294 valence electrons. The van der Waals surface area contributed by atoms with Crippen molar-refractivity contribution >= 4 is 54.6 Å². The van der Waals surface area contributed by atoms with Crippen LogP contribution in [0.1, 0.15) is 0 Å². The van der Waals surface area contributed by atoms with Gasteiger partial charge in [0, 0.05) is 63.7 Å². The Bertz CT molecular complexity index is 3550. The van der Waals surface area contributed by atoms with Gasteiger partial charge in [0.05, 0.1) is 44.5 Å². The van der Waals surface area contributed by atoms with E-state index in [1.807, 2.05) is 38.4 Å². The number of benzene rings is 8. The van der Waals surface area contributed by atoms with Gasteiger partial charge in [-0.3, -0.25) is 9.13 Å². The molecular weight excluding hydrogens is 761 g/mol. The van der Waals surface area contributed by atoms with Crippen molar-refractivity contribution in [3.8, 4) is 56.4 Å². The van der Waals surface area contributed by atoms with Crippen molar-refractivity contribution in [2.45, 2.75) is 0 Å². The molecule has 0 aliphatic rings. The molecule has 8 aromatic carbocycles. The average molecular weight is 799 g/mol. The van der Waals surface area contributed by atoms with Crippen LogP contribution in [-0.4, -0.2) is 28.2 Å². The fourth-order valence-corrected chi connectivity index (χ4v) is 9.38. The maximum absolute atomic E-state index is 12.7. The molecule has 0 fully saturated rings. The van der Waals surface area contributed by atoms with E-state index in [1.165, 1.54) is 21.5 Å². The van der Waals surface area contributed by atoms with Crippen LogP contribution in [0.5, 0.6) is 0 Å². The molecule has 4 heterocycles. The number of imidazole rings is 1. The predicted octanol–water partition coefficient (Wildman–Crippen LogP) is 12.5. The van der Waals surface area contributed by atoms with Crippen LogP contribution in [0.25, 0.3) is 111 Å². The second-order valence-electron chi connectivity index (χ2n) is 16.0. The second-order valence-corrected chi connectivity index (χ2v) is 16.0. The fourth-order valence-electron chi connectivity index (χ4n) is 9.38. The first kappa shape index (κ1) is 35.6. The Kier molecular flexibility index (Phi) is 7.99. The van der Waals surface area contributed by atoms with E-state index >= 15 is 0 Å². The second kappa shape index (κ2) is 13.9. The highest BCUT2D eigenvalue weighted by atomic mass is 16.1. The van der Waals surface area contributed by atoms with Gasteiger partial charge in [-0.05, 0) is 71.8 Å². The zero-order valence-electron chi connectivity index (χ0n) is 34.1. The van der Waals surface area contributed by atoms with Gasteiger partial charge in [-0.15, -0.1) is 0 Å². The minimum Gasteiger partial charge on any atom is -0.309 e. The van der Waals surface area contributed by atoms with Crippen LogP contribution < -0.4 is 5.69 Å². The van der Waals surface area contributed by atoms with E-state index in [0.29, 0.717) is 5.82 Å². The van der Waals surface area contributed by atoms with Gasteiger partial charge in [0.15, 0.2) is 5.82 Å². The fraction of sp³-hybridized carbons (Fsp3) is 0.0364. The molecule has 7 heteroatoms. The van der Waals surface area contributed by atoms with Crippen molar-refractivity contribution in [2.75, 3.05) is 0 Å². The Labute approximate surface area is 356 Å². The van der Waals surface area contributed by atoms with Gasteiger partial charge >= 0.3 is 5.69 Å². The Balaban J connectivity index is 1.08. The van der Waals surface area contributed by atoms with Gasteiger partial charge in [0.1, 0.15) is 0 Å². The first-order valence-corrected chi connectivity index (χ1v) is 20.8. The number of para-hydroxylation sites is 4. The summed E-state index contributed by atoms with van der Waals surface area (Å²) in [4.78, 5) is 23.2. The minimum absolute atomic E-state index is 0.0379. The summed E-state index contributed by atoms with van der Waals surface area (Å²) in [5.41, 5.74) is 15.0. The van der Waals surface area contributed by atoms with Crippen LogP contribution in [0.4, 0.5) is 0 Å². The summed E-state index contributed by atoms with van der Waals surface area (Å²) in [5, 5.41) is 4.83. The van der Waals surface area contributed by atoms with E-state index < -0.39 is 0 Å². The lowest BCUT2D eigenvalue weighted by Crippen LogP contribution is -2.19. The van der Waals surface area contributed by atoms with Crippen LogP contribution >= 0.6 is 0 Å². The molecule has 0 aliphatic carbocycles. The molecule has 0 radical (unpaired) electrons. The number of aromatic nitrogens is 6. The van der Waals surface area contributed by atoms with Crippen molar-refractivity contribution < 1.29 is 0 Å². The van der Waals surface area contributed by atoms with Crippen molar-refractivity contribution in [1.29, 1.82) is 0 Å². The molecule has 0 spiro atoms. The molecular formula is C55H38N6O. The summed E-state index contributed by atoms with van der Waals surface area (Å²) in [5.74, 6) is 0.651. The lowest BCUT2D eigenvalue weighted by molar-refractivity contribution is 0.795. The predicted molar refractivity (Wildman–Crippen MR) is 254 cm³/mol. The van der Waals surface area contributed by atoms with Crippen molar-refractivity contribution in [1.82, 2.24) is 28.2 Å². The van der Waals surface area contributed by atoms with Gasteiger partial charge in [-0.1, -0.05) is 133 Å². The highest BCUT2D eigenvalue weighted by molar-refractivity contribution is 6.10. The van der Waals surface area contributed by atoms with E-state index in [9.17, 15) is 4.79 Å². The summed E-state index contributed by atoms with van der Waals surface area (Å²) in [6, 6.07) is 68.5. The Morgan fingerprint density at radius 1 is 0.339 bits per heavy atom. The van der Waals surface area contributed by atoms with Gasteiger partial charge in [0.2, 0.25) is 0 Å². The third kappa shape index (κ3) is 5.56. The van der Waals surface area contributed by atoms with Gasteiger partial charge in [-0.2, -0.15) is 0 Å². The lowest BCUT2D eigenvalue weighted by Gasteiger charge is -2.16. The molecule has 0 saturated carbocycles. The zero-order chi connectivity index (χ0) is 41.5. The van der Waals surface area contributed by atoms with Gasteiger partial charge in [0.25, 0.3) is 0 Å². The Hall–Kier alpha value is -8.29. The monoisotopic (exact) mass is 798 g/mol. The minimum atomic E-state index is -0.0379. The van der Waals surface area contributed by atoms with Crippen LogP contribution in [0, 0.1) is 0 Å². The summed E-state index contributed by atoms with van der Waals surface area (Å²) in [6.07, 6.45) is 0. The smallest absolute Gasteiger partial charge is 0.309 e. The third-order valence-electron chi connectivity index (χ3n) is 12.4. The van der Waals surface area contributed by atoms with Crippen LogP contribution in [0.2, 0.25) is 0 Å². The van der Waals surface area contributed by atoms with Crippen LogP contribution in [-0.2, 0) is 14.1 Å². The number of hydrogen-bond acceptors (Lipinski definition) is 3. The summed E-state index contributed by atoms with van der Waals surface area (Å²) < 4.78 is 8.15. The number of fused-ring (bicyclic) bond motifs is 7. The molecule has 0 N–H and O–H groups in total. The molecule has 62 heavy (non-hydrogen) atoms. The summed E-state index contributed by atoms with van der Waals surface area (Å²) >= 11 is 0. The quantitative estimate of drug-likeness (QED) is 0.168. The standard InChI is InChI=1S/C55H38N6O/c1-58-52-29-28-38(32-53(52)59(2)55(58)62)35-24-26-36(27-25-35)46-34-47(57-54(56-46)37-14-4-3-5-15-37)39-30-40(60-48-20-10-6-16-42(48)43-17-7-11-21-49(43)60)33-41(31-39)61-50-22-12-8-18-44(50)45-19-9-13-23-51(45)61/h3-34H,1-2H3. The molecule has 0 amide bonds. The molecule has 7 nitrogen and oxygen atoms in total. The van der Waals surface area contributed by atoms with E-state index in [-0.39, 0.29) is 5.69 Å². The summed E-state index contributed by atoms with van der Waals surface area (Å²) in [6.45, 7) is 0. The van der Waals surface area contributed by atoms with E-state index in [4.69, 9.17) is 9.97 Å². The van der Waals surface area contributed by atoms with Crippen molar-refractivity contribution in [3.63, 3.8) is 0 Å². The maximum Gasteiger partial charge on any atom is 0.328 e. The van der Waals surface area contributed by atoms with Crippen molar-refractivity contribution in [3.05, 3.63) is 205 Å². The van der Waals surface area contributed by atoms with Crippen LogP contribution in [0.3, 0.4) is 0 Å². The number of hydrogen-bond donors (Lipinski definition) is 0. The zero-order valence-corrected chi connectivity index (χ0v) is 34.1. The molecule has 12 aromatic rings. The van der Waals surface area contributed by atoms with E-state index in [0.717, 1.165) is 83.7 Å². The molecule has 12 rings (SSSR count). The van der Waals surface area contributed by atoms with Crippen molar-refractivity contribution in [2.24, 2.45) is 14.1 Å². The Morgan fingerprint density at radius 2 is 0.774 bits per heavy atom. The molecule has 0 unspecified atom stereocenters. The largest absolute Gasteiger partial charge is 0.328 e. The molecule has 0 bridgehead atoms. The van der Waals surface area contributed by atoms with Crippen LogP contribution in [0.15, 0.2) is 199 Å². The molecule has 0 atom stereocenters. The third-order valence-corrected chi connectivity index (χ3v) is 12.4. The molecule has 0 aliphatic heterocycles. The van der Waals surface area contributed by atoms with E-state index in [1.54, 1.807) is 9.13 Å². The van der Waals surface area contributed by atoms with Gasteiger partial charge in [-0.25, -0.2) is 14.8 Å². The number of rotatable bonds is 6. The molecule has 4 aromatic heterocycles. The first-order valence-electron chi connectivity index (χ1n) is 20.8. The van der Waals surface area contributed by atoms with Gasteiger partial charge < -0.3 is 9.13 Å².